The molecule has 1 amide bonds. The van der Waals surface area contributed by atoms with Crippen LogP contribution < -0.4 is 14.8 Å². The molecule has 0 spiro atoms. The summed E-state index contributed by atoms with van der Waals surface area (Å²) in [4.78, 5) is 22.9. The van der Waals surface area contributed by atoms with Crippen molar-refractivity contribution in [3.63, 3.8) is 0 Å². The number of rotatable bonds is 7. The molecule has 0 radical (unpaired) electrons. The molecule has 2 heterocycles. The number of aromatic nitrogens is 2. The van der Waals surface area contributed by atoms with Crippen molar-refractivity contribution in [1.29, 1.82) is 0 Å². The Bertz CT molecular complexity index is 943. The Morgan fingerprint density at radius 1 is 1.19 bits per heavy atom. The van der Waals surface area contributed by atoms with E-state index in [2.05, 4.69) is 15.3 Å². The number of nitrogens with one attached hydrogen (secondary N) is 1. The third kappa shape index (κ3) is 4.71. The highest BCUT2D eigenvalue weighted by Gasteiger charge is 2.12. The van der Waals surface area contributed by atoms with Gasteiger partial charge in [-0.3, -0.25) is 14.8 Å². The van der Waals surface area contributed by atoms with Gasteiger partial charge in [0.05, 0.1) is 30.1 Å². The predicted molar refractivity (Wildman–Crippen MR) is 105 cm³/mol. The van der Waals surface area contributed by atoms with Gasteiger partial charge in [0.15, 0.2) is 0 Å². The van der Waals surface area contributed by atoms with Gasteiger partial charge in [0, 0.05) is 30.4 Å². The predicted octanol–water partition coefficient (Wildman–Crippen LogP) is 2.83. The van der Waals surface area contributed by atoms with Gasteiger partial charge in [0.25, 0.3) is 5.91 Å². The number of benzene rings is 1. The molecule has 0 fully saturated rings. The molecule has 3 rings (SSSR count). The normalized spacial score (nSPS) is 10.8. The van der Waals surface area contributed by atoms with E-state index in [0.29, 0.717) is 29.4 Å². The van der Waals surface area contributed by atoms with E-state index in [-0.39, 0.29) is 5.91 Å². The van der Waals surface area contributed by atoms with E-state index in [9.17, 15) is 4.79 Å². The van der Waals surface area contributed by atoms with Gasteiger partial charge in [-0.15, -0.1) is 0 Å². The van der Waals surface area contributed by atoms with E-state index in [1.807, 2.05) is 25.1 Å². The first-order valence-corrected chi connectivity index (χ1v) is 8.53. The fourth-order valence-corrected chi connectivity index (χ4v) is 2.50. The Kier molecular flexibility index (Phi) is 5.83. The summed E-state index contributed by atoms with van der Waals surface area (Å²) < 4.78 is 11.1. The number of ether oxygens (including phenoxy) is 2. The number of likely N-dealkylation sites (N-methyl/N-ethyl adjacent to an activating group) is 1. The minimum atomic E-state index is -0.263. The monoisotopic (exact) mass is 366 g/mol. The van der Waals surface area contributed by atoms with E-state index >= 15 is 0 Å². The number of methoxy groups -OCH3 is 1. The number of anilines is 1. The largest absolute Gasteiger partial charge is 0.494 e. The molecule has 1 aromatic carbocycles. The van der Waals surface area contributed by atoms with Crippen molar-refractivity contribution >= 4 is 22.5 Å². The SMILES string of the molecule is COc1cc(OCCN(C)C)ccc1NC(=O)c1cnc2cnccc2c1. The van der Waals surface area contributed by atoms with Crippen molar-refractivity contribution in [3.05, 3.63) is 54.5 Å². The third-order valence-electron chi connectivity index (χ3n) is 3.98. The molecule has 27 heavy (non-hydrogen) atoms. The van der Waals surface area contributed by atoms with Crippen LogP contribution >= 0.6 is 0 Å². The number of carbonyl (C=O) groups is 1. The van der Waals surface area contributed by atoms with Gasteiger partial charge >= 0.3 is 0 Å². The first-order valence-electron chi connectivity index (χ1n) is 8.53. The smallest absolute Gasteiger partial charge is 0.257 e. The van der Waals surface area contributed by atoms with Gasteiger partial charge in [0.1, 0.15) is 18.1 Å². The Labute approximate surface area is 157 Å². The quantitative estimate of drug-likeness (QED) is 0.693. The van der Waals surface area contributed by atoms with Crippen LogP contribution in [0.4, 0.5) is 5.69 Å². The number of hydrogen-bond acceptors (Lipinski definition) is 6. The van der Waals surface area contributed by atoms with Crippen molar-refractivity contribution in [2.45, 2.75) is 0 Å². The van der Waals surface area contributed by atoms with Crippen LogP contribution in [0.25, 0.3) is 10.9 Å². The highest BCUT2D eigenvalue weighted by atomic mass is 16.5. The van der Waals surface area contributed by atoms with Crippen LogP contribution in [0.5, 0.6) is 11.5 Å². The molecule has 0 aliphatic rings. The molecule has 140 valence electrons. The average Bonchev–Trinajstić information content (AvgIpc) is 2.68. The van der Waals surface area contributed by atoms with Crippen LogP contribution in [0, 0.1) is 0 Å². The lowest BCUT2D eigenvalue weighted by atomic mass is 10.2. The topological polar surface area (TPSA) is 76.6 Å². The Morgan fingerprint density at radius 2 is 2.04 bits per heavy atom. The molecule has 1 N–H and O–H groups in total. The maximum atomic E-state index is 12.6. The van der Waals surface area contributed by atoms with Crippen LogP contribution in [-0.4, -0.2) is 55.1 Å². The number of carbonyl (C=O) groups excluding carboxylic acids is 1. The number of amides is 1. The Balaban J connectivity index is 1.74. The van der Waals surface area contributed by atoms with Crippen molar-refractivity contribution in [3.8, 4) is 11.5 Å². The fraction of sp³-hybridized carbons (Fsp3) is 0.250. The fourth-order valence-electron chi connectivity index (χ4n) is 2.50. The molecule has 0 saturated carbocycles. The molecule has 3 aromatic rings. The van der Waals surface area contributed by atoms with Gasteiger partial charge in [-0.05, 0) is 38.4 Å². The zero-order valence-corrected chi connectivity index (χ0v) is 15.6. The number of pyridine rings is 2. The molecule has 0 aliphatic heterocycles. The number of fused-ring (bicyclic) bond motifs is 1. The standard InChI is InChI=1S/C20H22N4O3/c1-24(2)8-9-27-16-4-5-17(19(11-16)26-3)23-20(25)15-10-14-6-7-21-13-18(14)22-12-15/h4-7,10-13H,8-9H2,1-3H3,(H,23,25). The van der Waals surface area contributed by atoms with E-state index < -0.39 is 0 Å². The minimum absolute atomic E-state index is 0.263. The van der Waals surface area contributed by atoms with E-state index in [1.54, 1.807) is 43.8 Å². The molecule has 0 unspecified atom stereocenters. The lowest BCUT2D eigenvalue weighted by Gasteiger charge is -2.14. The summed E-state index contributed by atoms with van der Waals surface area (Å²) in [5.74, 6) is 0.955. The van der Waals surface area contributed by atoms with Gasteiger partial charge in [0.2, 0.25) is 0 Å². The first kappa shape index (κ1) is 18.6. The molecule has 2 aromatic heterocycles. The van der Waals surface area contributed by atoms with Crippen molar-refractivity contribution < 1.29 is 14.3 Å². The molecular weight excluding hydrogens is 344 g/mol. The summed E-state index contributed by atoms with van der Waals surface area (Å²) >= 11 is 0. The van der Waals surface area contributed by atoms with Crippen LogP contribution in [0.2, 0.25) is 0 Å². The zero-order chi connectivity index (χ0) is 19.2. The minimum Gasteiger partial charge on any atom is -0.494 e. The molecule has 0 bridgehead atoms. The summed E-state index contributed by atoms with van der Waals surface area (Å²) in [6.07, 6.45) is 4.86. The second-order valence-electron chi connectivity index (χ2n) is 6.26. The Hall–Kier alpha value is -3.19. The highest BCUT2D eigenvalue weighted by Crippen LogP contribution is 2.29. The maximum Gasteiger partial charge on any atom is 0.257 e. The molecule has 0 atom stereocenters. The van der Waals surface area contributed by atoms with Gasteiger partial charge in [-0.2, -0.15) is 0 Å². The molecular formula is C20H22N4O3. The van der Waals surface area contributed by atoms with Crippen molar-refractivity contribution in [2.75, 3.05) is 39.7 Å². The van der Waals surface area contributed by atoms with Gasteiger partial charge < -0.3 is 19.7 Å². The van der Waals surface area contributed by atoms with Gasteiger partial charge in [-0.25, -0.2) is 0 Å². The number of nitrogens with zero attached hydrogens (tertiary/aromatic N) is 3. The number of hydrogen-bond donors (Lipinski definition) is 1. The Morgan fingerprint density at radius 3 is 2.81 bits per heavy atom. The second kappa shape index (κ2) is 8.46. The lowest BCUT2D eigenvalue weighted by Crippen LogP contribution is -2.19. The van der Waals surface area contributed by atoms with Gasteiger partial charge in [-0.1, -0.05) is 0 Å². The summed E-state index contributed by atoms with van der Waals surface area (Å²) in [7, 11) is 5.53. The highest BCUT2D eigenvalue weighted by molar-refractivity contribution is 6.06. The maximum absolute atomic E-state index is 12.6. The van der Waals surface area contributed by atoms with Crippen LogP contribution in [0.1, 0.15) is 10.4 Å². The third-order valence-corrected chi connectivity index (χ3v) is 3.98. The van der Waals surface area contributed by atoms with Crippen LogP contribution in [-0.2, 0) is 0 Å². The summed E-state index contributed by atoms with van der Waals surface area (Å²) in [5.41, 5.74) is 1.77. The molecule has 7 heteroatoms. The molecule has 7 nitrogen and oxygen atoms in total. The van der Waals surface area contributed by atoms with E-state index in [0.717, 1.165) is 17.4 Å². The molecule has 0 saturated heterocycles. The summed E-state index contributed by atoms with van der Waals surface area (Å²) in [5, 5.41) is 3.72. The van der Waals surface area contributed by atoms with Crippen molar-refractivity contribution in [1.82, 2.24) is 14.9 Å². The lowest BCUT2D eigenvalue weighted by molar-refractivity contribution is 0.102. The van der Waals surface area contributed by atoms with Crippen LogP contribution in [0.3, 0.4) is 0 Å². The second-order valence-corrected chi connectivity index (χ2v) is 6.26. The molecule has 0 aliphatic carbocycles. The van der Waals surface area contributed by atoms with Crippen LogP contribution in [0.15, 0.2) is 48.9 Å². The van der Waals surface area contributed by atoms with E-state index in [4.69, 9.17) is 9.47 Å². The average molecular weight is 366 g/mol. The van der Waals surface area contributed by atoms with E-state index in [1.165, 1.54) is 6.20 Å². The zero-order valence-electron chi connectivity index (χ0n) is 15.6. The summed E-state index contributed by atoms with van der Waals surface area (Å²) in [6.45, 7) is 1.38. The van der Waals surface area contributed by atoms with Crippen molar-refractivity contribution in [2.24, 2.45) is 0 Å². The summed E-state index contributed by atoms with van der Waals surface area (Å²) in [6, 6.07) is 8.93. The first-order chi connectivity index (χ1) is 13.1.